The molecule has 0 saturated carbocycles. The zero-order valence-electron chi connectivity index (χ0n) is 10.7. The minimum absolute atomic E-state index is 0.00521. The van der Waals surface area contributed by atoms with Crippen molar-refractivity contribution in [1.82, 2.24) is 10.3 Å². The molecule has 0 atom stereocenters. The van der Waals surface area contributed by atoms with Gasteiger partial charge in [-0.3, -0.25) is 9.59 Å². The van der Waals surface area contributed by atoms with Crippen molar-refractivity contribution >= 4 is 23.2 Å². The van der Waals surface area contributed by atoms with Crippen LogP contribution in [0.15, 0.2) is 35.8 Å². The minimum atomic E-state index is -0.969. The van der Waals surface area contributed by atoms with Gasteiger partial charge < -0.3 is 10.4 Å². The van der Waals surface area contributed by atoms with E-state index in [4.69, 9.17) is 5.11 Å². The van der Waals surface area contributed by atoms with Crippen molar-refractivity contribution in [2.45, 2.75) is 19.4 Å². The number of hydrogen-bond acceptors (Lipinski definition) is 4. The maximum atomic E-state index is 11.5. The van der Waals surface area contributed by atoms with E-state index in [-0.39, 0.29) is 18.7 Å². The van der Waals surface area contributed by atoms with Crippen LogP contribution < -0.4 is 5.32 Å². The second kappa shape index (κ2) is 6.81. The summed E-state index contributed by atoms with van der Waals surface area (Å²) in [5, 5.41) is 14.1. The number of thiazole rings is 1. The zero-order chi connectivity index (χ0) is 14.4. The number of rotatable bonds is 6. The van der Waals surface area contributed by atoms with Crippen molar-refractivity contribution in [3.63, 3.8) is 0 Å². The van der Waals surface area contributed by atoms with Gasteiger partial charge in [-0.05, 0) is 5.56 Å². The lowest BCUT2D eigenvalue weighted by molar-refractivity contribution is -0.138. The van der Waals surface area contributed by atoms with E-state index in [0.29, 0.717) is 6.54 Å². The van der Waals surface area contributed by atoms with Crippen molar-refractivity contribution in [3.8, 4) is 10.6 Å². The van der Waals surface area contributed by atoms with Gasteiger partial charge in [0.1, 0.15) is 5.01 Å². The Balaban J connectivity index is 2.00. The number of carboxylic acids is 1. The molecule has 2 N–H and O–H groups in total. The van der Waals surface area contributed by atoms with E-state index in [0.717, 1.165) is 16.1 Å². The number of aromatic nitrogens is 1. The van der Waals surface area contributed by atoms with Crippen LogP contribution in [0.3, 0.4) is 0 Å². The molecular formula is C14H14N2O3S. The summed E-state index contributed by atoms with van der Waals surface area (Å²) in [6, 6.07) is 7.70. The quantitative estimate of drug-likeness (QED) is 0.855. The number of nitrogens with zero attached hydrogens (tertiary/aromatic N) is 1. The third kappa shape index (κ3) is 3.89. The van der Waals surface area contributed by atoms with Gasteiger partial charge in [0, 0.05) is 30.1 Å². The topological polar surface area (TPSA) is 79.3 Å². The molecule has 0 saturated heterocycles. The second-order valence-corrected chi connectivity index (χ2v) is 5.06. The Kier molecular flexibility index (Phi) is 4.84. The zero-order valence-corrected chi connectivity index (χ0v) is 11.5. The molecule has 0 aliphatic rings. The molecule has 0 aliphatic carbocycles. The highest BCUT2D eigenvalue weighted by Crippen LogP contribution is 2.25. The first-order chi connectivity index (χ1) is 9.66. The van der Waals surface area contributed by atoms with Gasteiger partial charge >= 0.3 is 5.97 Å². The first-order valence-electron chi connectivity index (χ1n) is 6.13. The highest BCUT2D eigenvalue weighted by atomic mass is 32.1. The largest absolute Gasteiger partial charge is 0.481 e. The van der Waals surface area contributed by atoms with Gasteiger partial charge in [0.25, 0.3) is 0 Å². The smallest absolute Gasteiger partial charge is 0.303 e. The standard InChI is InChI=1S/C14H14N2O3S/c17-12(5-6-13(18)19)16-9-10-3-1-2-4-11(10)14-15-7-8-20-14/h1-4,7-8H,5-6,9H2,(H,16,17)(H,18,19). The lowest BCUT2D eigenvalue weighted by Gasteiger charge is -2.08. The Morgan fingerprint density at radius 3 is 2.75 bits per heavy atom. The Bertz CT molecular complexity index is 596. The maximum absolute atomic E-state index is 11.5. The summed E-state index contributed by atoms with van der Waals surface area (Å²) < 4.78 is 0. The molecule has 20 heavy (non-hydrogen) atoms. The summed E-state index contributed by atoms with van der Waals surface area (Å²) in [6.07, 6.45) is 1.58. The van der Waals surface area contributed by atoms with E-state index < -0.39 is 5.97 Å². The third-order valence-electron chi connectivity index (χ3n) is 2.72. The van der Waals surface area contributed by atoms with Gasteiger partial charge in [-0.15, -0.1) is 11.3 Å². The fraction of sp³-hybridized carbons (Fsp3) is 0.214. The van der Waals surface area contributed by atoms with Crippen LogP contribution >= 0.6 is 11.3 Å². The van der Waals surface area contributed by atoms with Crippen LogP contribution in [-0.2, 0) is 16.1 Å². The monoisotopic (exact) mass is 290 g/mol. The van der Waals surface area contributed by atoms with Gasteiger partial charge in [0.05, 0.1) is 6.42 Å². The molecule has 0 radical (unpaired) electrons. The summed E-state index contributed by atoms with van der Waals surface area (Å²) in [7, 11) is 0. The Hall–Kier alpha value is -2.21. The molecule has 0 spiro atoms. The van der Waals surface area contributed by atoms with E-state index in [1.54, 1.807) is 6.20 Å². The minimum Gasteiger partial charge on any atom is -0.481 e. The fourth-order valence-corrected chi connectivity index (χ4v) is 2.44. The molecule has 104 valence electrons. The second-order valence-electron chi connectivity index (χ2n) is 4.16. The van der Waals surface area contributed by atoms with E-state index in [2.05, 4.69) is 10.3 Å². The van der Waals surface area contributed by atoms with Gasteiger partial charge in [0.2, 0.25) is 5.91 Å². The third-order valence-corrected chi connectivity index (χ3v) is 3.53. The fourth-order valence-electron chi connectivity index (χ4n) is 1.74. The average Bonchev–Trinajstić information content (AvgIpc) is 2.97. The number of carboxylic acid groups (broad SMARTS) is 1. The summed E-state index contributed by atoms with van der Waals surface area (Å²) in [6.45, 7) is 0.369. The molecule has 2 aromatic rings. The van der Waals surface area contributed by atoms with Crippen molar-refractivity contribution in [2.75, 3.05) is 0 Å². The molecule has 1 heterocycles. The molecule has 6 heteroatoms. The van der Waals surface area contributed by atoms with Crippen LogP contribution in [0.25, 0.3) is 10.6 Å². The van der Waals surface area contributed by atoms with Crippen molar-refractivity contribution in [1.29, 1.82) is 0 Å². The number of carbonyl (C=O) groups is 2. The number of aliphatic carboxylic acids is 1. The lowest BCUT2D eigenvalue weighted by atomic mass is 10.1. The predicted octanol–water partition coefficient (Wildman–Crippen LogP) is 2.29. The maximum Gasteiger partial charge on any atom is 0.303 e. The van der Waals surface area contributed by atoms with Crippen LogP contribution in [-0.4, -0.2) is 22.0 Å². The Morgan fingerprint density at radius 2 is 2.05 bits per heavy atom. The van der Waals surface area contributed by atoms with Crippen LogP contribution in [0.2, 0.25) is 0 Å². The normalized spacial score (nSPS) is 10.2. The molecule has 1 aromatic carbocycles. The van der Waals surface area contributed by atoms with Crippen LogP contribution in [0.1, 0.15) is 18.4 Å². The molecule has 1 aromatic heterocycles. The summed E-state index contributed by atoms with van der Waals surface area (Å²) in [5.41, 5.74) is 1.95. The number of benzene rings is 1. The van der Waals surface area contributed by atoms with E-state index in [1.807, 2.05) is 29.6 Å². The number of hydrogen-bond donors (Lipinski definition) is 2. The molecular weight excluding hydrogens is 276 g/mol. The lowest BCUT2D eigenvalue weighted by Crippen LogP contribution is -2.23. The first-order valence-corrected chi connectivity index (χ1v) is 7.01. The van der Waals surface area contributed by atoms with Gasteiger partial charge in [-0.1, -0.05) is 24.3 Å². The number of nitrogens with one attached hydrogen (secondary N) is 1. The molecule has 0 bridgehead atoms. The molecule has 5 nitrogen and oxygen atoms in total. The molecule has 0 aliphatic heterocycles. The molecule has 0 fully saturated rings. The predicted molar refractivity (Wildman–Crippen MR) is 76.3 cm³/mol. The van der Waals surface area contributed by atoms with Gasteiger partial charge in [-0.2, -0.15) is 0 Å². The van der Waals surface area contributed by atoms with Crippen molar-refractivity contribution in [3.05, 3.63) is 41.4 Å². The van der Waals surface area contributed by atoms with Crippen molar-refractivity contribution in [2.24, 2.45) is 0 Å². The summed E-state index contributed by atoms with van der Waals surface area (Å²) in [5.74, 6) is -1.23. The van der Waals surface area contributed by atoms with Crippen molar-refractivity contribution < 1.29 is 14.7 Å². The summed E-state index contributed by atoms with van der Waals surface area (Å²) >= 11 is 1.54. The SMILES string of the molecule is O=C(O)CCC(=O)NCc1ccccc1-c1nccs1. The van der Waals surface area contributed by atoms with Gasteiger partial charge in [0.15, 0.2) is 0 Å². The van der Waals surface area contributed by atoms with Crippen LogP contribution in [0.4, 0.5) is 0 Å². The molecule has 0 unspecified atom stereocenters. The van der Waals surface area contributed by atoms with Crippen LogP contribution in [0.5, 0.6) is 0 Å². The first kappa shape index (κ1) is 14.2. The average molecular weight is 290 g/mol. The summed E-state index contributed by atoms with van der Waals surface area (Å²) in [4.78, 5) is 26.2. The number of carbonyl (C=O) groups excluding carboxylic acids is 1. The Labute approximate surface area is 120 Å². The van der Waals surface area contributed by atoms with Gasteiger partial charge in [-0.25, -0.2) is 4.98 Å². The van der Waals surface area contributed by atoms with Crippen LogP contribution in [0, 0.1) is 0 Å². The highest BCUT2D eigenvalue weighted by molar-refractivity contribution is 7.13. The number of amides is 1. The Morgan fingerprint density at radius 1 is 1.25 bits per heavy atom. The van der Waals surface area contributed by atoms with E-state index in [1.165, 1.54) is 11.3 Å². The van der Waals surface area contributed by atoms with E-state index in [9.17, 15) is 9.59 Å². The van der Waals surface area contributed by atoms with E-state index >= 15 is 0 Å². The highest BCUT2D eigenvalue weighted by Gasteiger charge is 2.09. The molecule has 1 amide bonds. The molecule has 2 rings (SSSR count).